The van der Waals surface area contributed by atoms with Gasteiger partial charge in [0.15, 0.2) is 0 Å². The van der Waals surface area contributed by atoms with Crippen LogP contribution in [0.1, 0.15) is 41.5 Å². The number of piperidine rings is 1. The van der Waals surface area contributed by atoms with E-state index in [0.29, 0.717) is 37.4 Å². The minimum atomic E-state index is -3.52. The predicted molar refractivity (Wildman–Crippen MR) is 130 cm³/mol. The zero-order chi connectivity index (χ0) is 23.5. The Labute approximate surface area is 200 Å². The Morgan fingerprint density at radius 1 is 1.00 bits per heavy atom. The Hall–Kier alpha value is -2.97. The molecule has 2 aromatic carbocycles. The number of imidazole rings is 1. The lowest BCUT2D eigenvalue weighted by Crippen LogP contribution is -2.42. The molecule has 1 aliphatic heterocycles. The van der Waals surface area contributed by atoms with Crippen molar-refractivity contribution in [1.29, 1.82) is 0 Å². The van der Waals surface area contributed by atoms with E-state index in [4.69, 9.17) is 0 Å². The van der Waals surface area contributed by atoms with Gasteiger partial charge >= 0.3 is 0 Å². The summed E-state index contributed by atoms with van der Waals surface area (Å²) in [7, 11) is -3.52. The molecule has 0 radical (unpaired) electrons. The molecule has 5 rings (SSSR count). The monoisotopic (exact) mass is 478 g/mol. The molecule has 0 saturated carbocycles. The van der Waals surface area contributed by atoms with Crippen LogP contribution in [0.25, 0.3) is 0 Å². The molecule has 7 nitrogen and oxygen atoms in total. The fourth-order valence-electron chi connectivity index (χ4n) is 4.90. The van der Waals surface area contributed by atoms with E-state index in [1.165, 1.54) is 15.4 Å². The molecule has 178 valence electrons. The zero-order valence-electron chi connectivity index (χ0n) is 19.2. The van der Waals surface area contributed by atoms with Gasteiger partial charge in [0.2, 0.25) is 15.9 Å². The van der Waals surface area contributed by atoms with Crippen LogP contribution in [0.15, 0.2) is 66.1 Å². The number of fused-ring (bicyclic) bond motifs is 1. The van der Waals surface area contributed by atoms with Gasteiger partial charge in [0.25, 0.3) is 0 Å². The van der Waals surface area contributed by atoms with E-state index in [2.05, 4.69) is 22.4 Å². The van der Waals surface area contributed by atoms with Crippen molar-refractivity contribution in [3.63, 3.8) is 0 Å². The maximum atomic E-state index is 13.1. The van der Waals surface area contributed by atoms with Gasteiger partial charge in [-0.2, -0.15) is 4.31 Å². The highest BCUT2D eigenvalue weighted by Crippen LogP contribution is 2.28. The van der Waals surface area contributed by atoms with E-state index in [9.17, 15) is 13.2 Å². The summed E-state index contributed by atoms with van der Waals surface area (Å²) in [4.78, 5) is 17.2. The number of amides is 1. The number of carbonyl (C=O) groups excluding carboxylic acids is 1. The van der Waals surface area contributed by atoms with Gasteiger partial charge in [-0.25, -0.2) is 13.4 Å². The van der Waals surface area contributed by atoms with Crippen LogP contribution in [0.4, 0.5) is 0 Å². The molecule has 1 fully saturated rings. The summed E-state index contributed by atoms with van der Waals surface area (Å²) in [5.41, 5.74) is 4.64. The molecule has 34 heavy (non-hydrogen) atoms. The Morgan fingerprint density at radius 3 is 2.47 bits per heavy atom. The van der Waals surface area contributed by atoms with E-state index >= 15 is 0 Å². The average Bonchev–Trinajstić information content (AvgIpc) is 3.55. The molecule has 1 N–H and O–H groups in total. The van der Waals surface area contributed by atoms with E-state index in [0.717, 1.165) is 36.9 Å². The lowest BCUT2D eigenvalue weighted by atomic mass is 9.97. The number of hydrogen-bond acceptors (Lipinski definition) is 4. The molecule has 0 atom stereocenters. The summed E-state index contributed by atoms with van der Waals surface area (Å²) in [6.07, 6.45) is 9.64. The van der Waals surface area contributed by atoms with Gasteiger partial charge in [-0.3, -0.25) is 4.79 Å². The molecule has 0 bridgehead atoms. The second-order valence-corrected chi connectivity index (χ2v) is 11.2. The van der Waals surface area contributed by atoms with Crippen LogP contribution in [0.3, 0.4) is 0 Å². The summed E-state index contributed by atoms with van der Waals surface area (Å²) in [5.74, 6) is -0.163. The van der Waals surface area contributed by atoms with Gasteiger partial charge in [0, 0.05) is 44.5 Å². The Bertz CT molecular complexity index is 1250. The minimum Gasteiger partial charge on any atom is -0.352 e. The third-order valence-corrected chi connectivity index (χ3v) is 8.84. The first-order valence-electron chi connectivity index (χ1n) is 11.9. The summed E-state index contributed by atoms with van der Waals surface area (Å²) in [5, 5.41) is 3.03. The molecule has 1 amide bonds. The van der Waals surface area contributed by atoms with Crippen molar-refractivity contribution >= 4 is 15.9 Å². The second kappa shape index (κ2) is 9.72. The molecule has 8 heteroatoms. The Kier molecular flexibility index (Phi) is 6.52. The number of nitrogens with one attached hydrogen (secondary N) is 1. The number of hydrogen-bond donors (Lipinski definition) is 1. The maximum absolute atomic E-state index is 13.1. The predicted octanol–water partition coefficient (Wildman–Crippen LogP) is 3.14. The van der Waals surface area contributed by atoms with Gasteiger partial charge in [-0.1, -0.05) is 30.3 Å². The highest BCUT2D eigenvalue weighted by Gasteiger charge is 2.32. The van der Waals surface area contributed by atoms with Crippen molar-refractivity contribution < 1.29 is 13.2 Å². The minimum absolute atomic E-state index is 0.00271. The van der Waals surface area contributed by atoms with Gasteiger partial charge in [-0.15, -0.1) is 0 Å². The lowest BCUT2D eigenvalue weighted by Gasteiger charge is -2.30. The largest absolute Gasteiger partial charge is 0.352 e. The normalized spacial score (nSPS) is 16.9. The average molecular weight is 479 g/mol. The SMILES string of the molecule is O=C(NCc1ccc(Cn2ccnc2)cc1)C1CCN(S(=O)(=O)c2ccc3c(c2)CCC3)CC1. The van der Waals surface area contributed by atoms with Gasteiger partial charge in [0.05, 0.1) is 11.2 Å². The number of carbonyl (C=O) groups is 1. The lowest BCUT2D eigenvalue weighted by molar-refractivity contribution is -0.126. The Balaban J connectivity index is 1.12. The Morgan fingerprint density at radius 2 is 1.74 bits per heavy atom. The fourth-order valence-corrected chi connectivity index (χ4v) is 6.42. The summed E-state index contributed by atoms with van der Waals surface area (Å²) < 4.78 is 29.8. The van der Waals surface area contributed by atoms with Crippen molar-refractivity contribution in [2.75, 3.05) is 13.1 Å². The van der Waals surface area contributed by atoms with Crippen molar-refractivity contribution in [2.45, 2.75) is 50.1 Å². The number of aryl methyl sites for hydroxylation is 2. The number of sulfonamides is 1. The van der Waals surface area contributed by atoms with E-state index in [1.807, 2.05) is 35.0 Å². The molecule has 2 heterocycles. The molecular formula is C26H30N4O3S. The van der Waals surface area contributed by atoms with Crippen LogP contribution >= 0.6 is 0 Å². The van der Waals surface area contributed by atoms with Crippen molar-refractivity contribution in [2.24, 2.45) is 5.92 Å². The van der Waals surface area contributed by atoms with Crippen molar-refractivity contribution in [1.82, 2.24) is 19.2 Å². The molecule has 1 aliphatic carbocycles. The highest BCUT2D eigenvalue weighted by atomic mass is 32.2. The quantitative estimate of drug-likeness (QED) is 0.566. The number of benzene rings is 2. The van der Waals surface area contributed by atoms with Crippen LogP contribution in [0.2, 0.25) is 0 Å². The van der Waals surface area contributed by atoms with Gasteiger partial charge < -0.3 is 9.88 Å². The standard InChI is InChI=1S/C26H30N4O3S/c31-26(28-17-20-4-6-21(7-5-20)18-29-15-12-27-19-29)23-10-13-30(14-11-23)34(32,33)25-9-8-22-2-1-3-24(22)16-25/h4-9,12,15-16,19,23H,1-3,10-11,13-14,17-18H2,(H,28,31). The van der Waals surface area contributed by atoms with Crippen molar-refractivity contribution in [3.05, 3.63) is 83.4 Å². The number of nitrogens with zero attached hydrogens (tertiary/aromatic N) is 3. The first-order chi connectivity index (χ1) is 16.5. The fraction of sp³-hybridized carbons (Fsp3) is 0.385. The van der Waals surface area contributed by atoms with Crippen LogP contribution in [-0.2, 0) is 40.7 Å². The van der Waals surface area contributed by atoms with Crippen molar-refractivity contribution in [3.8, 4) is 0 Å². The van der Waals surface area contributed by atoms with E-state index in [-0.39, 0.29) is 11.8 Å². The van der Waals surface area contributed by atoms with E-state index < -0.39 is 10.0 Å². The molecule has 2 aliphatic rings. The number of aromatic nitrogens is 2. The third kappa shape index (κ3) is 4.93. The van der Waals surface area contributed by atoms with Crippen LogP contribution in [-0.4, -0.2) is 41.3 Å². The van der Waals surface area contributed by atoms with Gasteiger partial charge in [0.1, 0.15) is 0 Å². The molecule has 1 aromatic heterocycles. The highest BCUT2D eigenvalue weighted by molar-refractivity contribution is 7.89. The molecule has 3 aromatic rings. The van der Waals surface area contributed by atoms with Crippen LogP contribution in [0.5, 0.6) is 0 Å². The summed E-state index contributed by atoms with van der Waals surface area (Å²) in [6.45, 7) is 1.98. The molecule has 0 spiro atoms. The summed E-state index contributed by atoms with van der Waals surface area (Å²) in [6, 6.07) is 13.7. The topological polar surface area (TPSA) is 84.3 Å². The first kappa shape index (κ1) is 22.8. The molecular weight excluding hydrogens is 448 g/mol. The zero-order valence-corrected chi connectivity index (χ0v) is 20.0. The van der Waals surface area contributed by atoms with Gasteiger partial charge in [-0.05, 0) is 66.5 Å². The number of rotatable bonds is 7. The maximum Gasteiger partial charge on any atom is 0.243 e. The second-order valence-electron chi connectivity index (χ2n) is 9.23. The molecule has 0 unspecified atom stereocenters. The summed E-state index contributed by atoms with van der Waals surface area (Å²) >= 11 is 0. The van der Waals surface area contributed by atoms with Crippen LogP contribution < -0.4 is 5.32 Å². The van der Waals surface area contributed by atoms with E-state index in [1.54, 1.807) is 18.6 Å². The van der Waals surface area contributed by atoms with Crippen LogP contribution in [0, 0.1) is 5.92 Å². The third-order valence-electron chi connectivity index (χ3n) is 6.95. The molecule has 1 saturated heterocycles. The first-order valence-corrected chi connectivity index (χ1v) is 13.4. The smallest absolute Gasteiger partial charge is 0.243 e.